The lowest BCUT2D eigenvalue weighted by atomic mass is 9.78. The number of allylic oxidation sites excluding steroid dienone is 6. The van der Waals surface area contributed by atoms with Crippen molar-refractivity contribution in [1.82, 2.24) is 0 Å². The summed E-state index contributed by atoms with van der Waals surface area (Å²) in [5.74, 6) is 0. The van der Waals surface area contributed by atoms with Gasteiger partial charge in [0.15, 0.2) is 0 Å². The first-order valence-corrected chi connectivity index (χ1v) is 23.4. The van der Waals surface area contributed by atoms with Crippen molar-refractivity contribution in [3.8, 4) is 22.3 Å². The van der Waals surface area contributed by atoms with Gasteiger partial charge in [-0.05, 0) is 168 Å². The van der Waals surface area contributed by atoms with Crippen molar-refractivity contribution in [1.29, 1.82) is 0 Å². The topological polar surface area (TPSA) is 3.24 Å². The van der Waals surface area contributed by atoms with Crippen molar-refractivity contribution in [2.75, 3.05) is 4.90 Å². The highest BCUT2D eigenvalue weighted by molar-refractivity contribution is 6.24. The summed E-state index contributed by atoms with van der Waals surface area (Å²) in [4.78, 5) is 2.55. The van der Waals surface area contributed by atoms with E-state index in [0.717, 1.165) is 44.2 Å². The number of anilines is 3. The zero-order chi connectivity index (χ0) is 42.8. The SMILES string of the molecule is C1=CC(c2cc(-c3ccccc3)c3c(c4c(c5ccccc53)CCC=C4)c2-c2ccc(N(c3cc4c(c5ccccc35)CCC=C4)c3cc4ccccc4c4ccccc34)cc2)=CCC1. The van der Waals surface area contributed by atoms with E-state index in [-0.39, 0.29) is 0 Å². The maximum Gasteiger partial charge on any atom is 0.0546 e. The van der Waals surface area contributed by atoms with Crippen molar-refractivity contribution < 1.29 is 0 Å². The van der Waals surface area contributed by atoms with Gasteiger partial charge in [-0.1, -0.05) is 182 Å². The average Bonchev–Trinajstić information content (AvgIpc) is 3.39. The van der Waals surface area contributed by atoms with E-state index in [4.69, 9.17) is 0 Å². The molecule has 308 valence electrons. The zero-order valence-corrected chi connectivity index (χ0v) is 36.4. The molecular weight excluding hydrogens is 783 g/mol. The predicted molar refractivity (Wildman–Crippen MR) is 281 cm³/mol. The van der Waals surface area contributed by atoms with Crippen LogP contribution in [-0.4, -0.2) is 0 Å². The van der Waals surface area contributed by atoms with Crippen LogP contribution in [0.5, 0.6) is 0 Å². The molecule has 10 aromatic rings. The molecule has 0 heterocycles. The standard InChI is InChI=1S/C64H47N/c1-3-19-42(20-4-1)58-41-59(43-21-5-2-6-22-43)63-56-33-17-13-29-52(56)53-30-14-18-34-57(53)64(63)62(58)44-35-37-47(38-36-44)65(60-39-45-23-7-9-25-48(45)50-27-11-15-31-54(50)60)61-40-46-24-8-10-26-49(46)51-28-12-16-32-55(51)61/h2-3,5-9,11-13,15-25,27-29,31-41H,1,4,10,14,26,30H2. The number of nitrogens with zero attached hydrogens (tertiary/aromatic N) is 1. The highest BCUT2D eigenvalue weighted by atomic mass is 15.1. The monoisotopic (exact) mass is 829 g/mol. The van der Waals surface area contributed by atoms with Crippen LogP contribution in [0.4, 0.5) is 17.1 Å². The van der Waals surface area contributed by atoms with Gasteiger partial charge in [0.2, 0.25) is 0 Å². The van der Waals surface area contributed by atoms with Gasteiger partial charge < -0.3 is 4.90 Å². The van der Waals surface area contributed by atoms with Gasteiger partial charge in [0.1, 0.15) is 0 Å². The van der Waals surface area contributed by atoms with Crippen LogP contribution in [-0.2, 0) is 12.8 Å². The first-order chi connectivity index (χ1) is 32.3. The fourth-order valence-corrected chi connectivity index (χ4v) is 11.5. The maximum atomic E-state index is 2.55. The Morgan fingerprint density at radius 2 is 1.00 bits per heavy atom. The molecule has 0 unspecified atom stereocenters. The molecule has 0 radical (unpaired) electrons. The molecule has 0 spiro atoms. The summed E-state index contributed by atoms with van der Waals surface area (Å²) in [5, 5.41) is 13.0. The van der Waals surface area contributed by atoms with E-state index in [1.54, 1.807) is 0 Å². The Labute approximate surface area is 380 Å². The van der Waals surface area contributed by atoms with Crippen LogP contribution < -0.4 is 4.90 Å². The molecule has 0 bridgehead atoms. The third kappa shape index (κ3) is 6.14. The second-order valence-corrected chi connectivity index (χ2v) is 18.0. The summed E-state index contributed by atoms with van der Waals surface area (Å²) < 4.78 is 0. The lowest BCUT2D eigenvalue weighted by molar-refractivity contribution is 0.997. The maximum absolute atomic E-state index is 2.55. The average molecular weight is 830 g/mol. The Morgan fingerprint density at radius 1 is 0.385 bits per heavy atom. The number of hydrogen-bond acceptors (Lipinski definition) is 1. The van der Waals surface area contributed by atoms with Gasteiger partial charge in [-0.25, -0.2) is 0 Å². The van der Waals surface area contributed by atoms with Crippen molar-refractivity contribution in [2.24, 2.45) is 0 Å². The fraction of sp³-hybridized carbons (Fsp3) is 0.0938. The van der Waals surface area contributed by atoms with E-state index >= 15 is 0 Å². The molecular formula is C64H47N. The smallest absolute Gasteiger partial charge is 0.0546 e. The molecule has 0 aromatic heterocycles. The van der Waals surface area contributed by atoms with Crippen molar-refractivity contribution >= 4 is 88.6 Å². The van der Waals surface area contributed by atoms with Crippen LogP contribution >= 0.6 is 0 Å². The summed E-state index contributed by atoms with van der Waals surface area (Å²) in [6, 6.07) is 64.0. The molecule has 0 saturated heterocycles. The summed E-state index contributed by atoms with van der Waals surface area (Å²) in [6.45, 7) is 0. The van der Waals surface area contributed by atoms with Crippen LogP contribution in [0.3, 0.4) is 0 Å². The van der Waals surface area contributed by atoms with Gasteiger partial charge in [-0.15, -0.1) is 0 Å². The zero-order valence-electron chi connectivity index (χ0n) is 36.4. The number of aryl methyl sites for hydroxylation is 2. The van der Waals surface area contributed by atoms with E-state index in [1.165, 1.54) is 121 Å². The lowest BCUT2D eigenvalue weighted by Crippen LogP contribution is -2.12. The molecule has 0 atom stereocenters. The normalized spacial score (nSPS) is 14.3. The minimum Gasteiger partial charge on any atom is -0.309 e. The van der Waals surface area contributed by atoms with Crippen LogP contribution in [0.25, 0.3) is 93.8 Å². The van der Waals surface area contributed by atoms with Gasteiger partial charge in [0.25, 0.3) is 0 Å². The largest absolute Gasteiger partial charge is 0.309 e. The van der Waals surface area contributed by atoms with E-state index in [2.05, 4.69) is 217 Å². The molecule has 3 aliphatic carbocycles. The summed E-state index contributed by atoms with van der Waals surface area (Å²) in [7, 11) is 0. The summed E-state index contributed by atoms with van der Waals surface area (Å²) in [6.07, 6.45) is 23.0. The van der Waals surface area contributed by atoms with Gasteiger partial charge in [-0.2, -0.15) is 0 Å². The summed E-state index contributed by atoms with van der Waals surface area (Å²) in [5.41, 5.74) is 16.7. The predicted octanol–water partition coefficient (Wildman–Crippen LogP) is 17.9. The molecule has 0 N–H and O–H groups in total. The molecule has 1 nitrogen and oxygen atoms in total. The Kier molecular flexibility index (Phi) is 9.01. The lowest BCUT2D eigenvalue weighted by Gasteiger charge is -2.30. The van der Waals surface area contributed by atoms with Crippen molar-refractivity contribution in [3.05, 3.63) is 228 Å². The van der Waals surface area contributed by atoms with E-state index in [9.17, 15) is 0 Å². The first kappa shape index (κ1) is 37.8. The molecule has 10 aromatic carbocycles. The van der Waals surface area contributed by atoms with Crippen molar-refractivity contribution in [2.45, 2.75) is 38.5 Å². The summed E-state index contributed by atoms with van der Waals surface area (Å²) >= 11 is 0. The number of rotatable bonds is 6. The van der Waals surface area contributed by atoms with Gasteiger partial charge in [-0.3, -0.25) is 0 Å². The number of fused-ring (bicyclic) bond motifs is 12. The third-order valence-electron chi connectivity index (χ3n) is 14.3. The fourth-order valence-electron chi connectivity index (χ4n) is 11.5. The number of hydrogen-bond donors (Lipinski definition) is 0. The highest BCUT2D eigenvalue weighted by Crippen LogP contribution is 2.51. The Hall–Kier alpha value is -7.74. The molecule has 0 saturated carbocycles. The molecule has 0 amide bonds. The Morgan fingerprint density at radius 3 is 1.77 bits per heavy atom. The van der Waals surface area contributed by atoms with Gasteiger partial charge in [0, 0.05) is 16.5 Å². The molecule has 0 fully saturated rings. The number of benzene rings is 10. The van der Waals surface area contributed by atoms with E-state index in [0.29, 0.717) is 0 Å². The van der Waals surface area contributed by atoms with Crippen LogP contribution in [0.2, 0.25) is 0 Å². The van der Waals surface area contributed by atoms with Crippen molar-refractivity contribution in [3.63, 3.8) is 0 Å². The molecule has 3 aliphatic rings. The van der Waals surface area contributed by atoms with Crippen LogP contribution in [0, 0.1) is 0 Å². The minimum absolute atomic E-state index is 1.03. The molecule has 0 aliphatic heterocycles. The van der Waals surface area contributed by atoms with E-state index < -0.39 is 0 Å². The quantitative estimate of drug-likeness (QED) is 0.151. The second-order valence-electron chi connectivity index (χ2n) is 18.0. The van der Waals surface area contributed by atoms with Gasteiger partial charge in [0.05, 0.1) is 11.4 Å². The molecule has 65 heavy (non-hydrogen) atoms. The van der Waals surface area contributed by atoms with E-state index in [1.807, 2.05) is 0 Å². The minimum atomic E-state index is 1.03. The first-order valence-electron chi connectivity index (χ1n) is 23.4. The molecule has 1 heteroatoms. The molecule has 13 rings (SSSR count). The second kappa shape index (κ2) is 15.5. The Bertz CT molecular complexity index is 3690. The Balaban J connectivity index is 1.11. The van der Waals surface area contributed by atoms with Crippen LogP contribution in [0.15, 0.2) is 200 Å². The third-order valence-corrected chi connectivity index (χ3v) is 14.3. The van der Waals surface area contributed by atoms with Gasteiger partial charge >= 0.3 is 0 Å². The van der Waals surface area contributed by atoms with Crippen LogP contribution in [0.1, 0.15) is 53.5 Å². The highest BCUT2D eigenvalue weighted by Gasteiger charge is 2.26.